The van der Waals surface area contributed by atoms with Gasteiger partial charge in [-0.15, -0.1) is 0 Å². The number of anilines is 3. The number of allylic oxidation sites excluding steroid dienone is 1. The van der Waals surface area contributed by atoms with Crippen LogP contribution in [0.5, 0.6) is 0 Å². The lowest BCUT2D eigenvalue weighted by molar-refractivity contribution is -0.111. The van der Waals surface area contributed by atoms with E-state index in [1.165, 1.54) is 30.5 Å². The maximum atomic E-state index is 14.4. The van der Waals surface area contributed by atoms with E-state index in [4.69, 9.17) is 0 Å². The summed E-state index contributed by atoms with van der Waals surface area (Å²) in [5, 5.41) is 6.38. The Morgan fingerprint density at radius 3 is 2.69 bits per heavy atom. The highest BCUT2D eigenvalue weighted by molar-refractivity contribution is 7.72. The second kappa shape index (κ2) is 8.98. The van der Waals surface area contributed by atoms with Crippen molar-refractivity contribution in [2.45, 2.75) is 11.8 Å². The van der Waals surface area contributed by atoms with Gasteiger partial charge < -0.3 is 15.6 Å². The number of nitrogens with one attached hydrogen (secondary N) is 3. The van der Waals surface area contributed by atoms with E-state index in [1.807, 2.05) is 12.1 Å². The Labute approximate surface area is 184 Å². The minimum Gasteiger partial charge on any atom is -0.359 e. The zero-order valence-electron chi connectivity index (χ0n) is 16.8. The molecular formula is C22H18FN5O3S. The average molecular weight is 451 g/mol. The first-order chi connectivity index (χ1) is 15.5. The lowest BCUT2D eigenvalue weighted by Gasteiger charge is -2.08. The van der Waals surface area contributed by atoms with Crippen LogP contribution in [-0.4, -0.2) is 29.3 Å². The molecule has 1 amide bonds. The predicted octanol–water partition coefficient (Wildman–Crippen LogP) is 3.99. The first-order valence-corrected chi connectivity index (χ1v) is 10.7. The number of hydrogen-bond donors (Lipinski definition) is 4. The van der Waals surface area contributed by atoms with Gasteiger partial charge in [0.15, 0.2) is 16.5 Å². The van der Waals surface area contributed by atoms with E-state index in [2.05, 4.69) is 25.6 Å². The molecule has 0 radical (unpaired) electrons. The van der Waals surface area contributed by atoms with Gasteiger partial charge >= 0.3 is 0 Å². The van der Waals surface area contributed by atoms with Gasteiger partial charge in [-0.3, -0.25) is 4.79 Å². The summed E-state index contributed by atoms with van der Waals surface area (Å²) in [6.07, 6.45) is 6.35. The fraction of sp³-hybridized carbons (Fsp3) is 0.0455. The van der Waals surface area contributed by atoms with E-state index in [1.54, 1.807) is 31.3 Å². The number of carbonyl (C=O) groups excluding carboxylic acids is 1. The van der Waals surface area contributed by atoms with E-state index >= 15 is 0 Å². The van der Waals surface area contributed by atoms with Crippen LogP contribution in [0, 0.1) is 5.82 Å². The van der Waals surface area contributed by atoms with Gasteiger partial charge in [-0.1, -0.05) is 24.3 Å². The normalized spacial score (nSPS) is 11.3. The molecule has 0 fully saturated rings. The molecule has 0 aliphatic carbocycles. The number of fused-ring (bicyclic) bond motifs is 1. The molecule has 4 rings (SSSR count). The molecule has 0 saturated carbocycles. The Morgan fingerprint density at radius 2 is 1.91 bits per heavy atom. The van der Waals surface area contributed by atoms with Gasteiger partial charge in [0.2, 0.25) is 11.9 Å². The summed E-state index contributed by atoms with van der Waals surface area (Å²) in [7, 11) is -3.07. The highest BCUT2D eigenvalue weighted by Gasteiger charge is 2.14. The quantitative estimate of drug-likeness (QED) is 0.260. The highest BCUT2D eigenvalue weighted by Crippen LogP contribution is 2.32. The fourth-order valence-electron chi connectivity index (χ4n) is 3.24. The molecule has 0 atom stereocenters. The van der Waals surface area contributed by atoms with Crippen molar-refractivity contribution in [3.63, 3.8) is 0 Å². The molecule has 0 saturated heterocycles. The average Bonchev–Trinajstić information content (AvgIpc) is 3.21. The van der Waals surface area contributed by atoms with Gasteiger partial charge in [0.1, 0.15) is 4.90 Å². The number of benzene rings is 2. The van der Waals surface area contributed by atoms with Crippen LogP contribution in [0.3, 0.4) is 0 Å². The SMILES string of the molecule is C/C=C\C(=O)Nc1cccc2c(-c3ccnc(Nc4cccc([SH](=O)=O)c4F)n3)c[nH]c12. The van der Waals surface area contributed by atoms with Crippen LogP contribution in [-0.2, 0) is 15.5 Å². The number of aromatic amines is 1. The molecule has 3 N–H and O–H groups in total. The Morgan fingerprint density at radius 1 is 1.12 bits per heavy atom. The lowest BCUT2D eigenvalue weighted by atomic mass is 10.1. The molecule has 2 aromatic carbocycles. The number of aromatic nitrogens is 3. The molecule has 4 aromatic rings. The van der Waals surface area contributed by atoms with Gasteiger partial charge in [-0.05, 0) is 37.3 Å². The third-order valence-electron chi connectivity index (χ3n) is 4.64. The summed E-state index contributed by atoms with van der Waals surface area (Å²) in [4.78, 5) is 23.2. The summed E-state index contributed by atoms with van der Waals surface area (Å²) in [5.41, 5.74) is 2.61. The number of para-hydroxylation sites is 1. The van der Waals surface area contributed by atoms with Gasteiger partial charge in [0.05, 0.1) is 22.6 Å². The Kier molecular flexibility index (Phi) is 5.95. The maximum Gasteiger partial charge on any atom is 0.248 e. The number of H-pyrrole nitrogens is 1. The van der Waals surface area contributed by atoms with Crippen LogP contribution in [0.2, 0.25) is 0 Å². The molecular weight excluding hydrogens is 433 g/mol. The first kappa shape index (κ1) is 21.2. The molecule has 0 aliphatic heterocycles. The molecule has 162 valence electrons. The minimum atomic E-state index is -3.07. The number of rotatable bonds is 6. The van der Waals surface area contributed by atoms with Crippen molar-refractivity contribution in [2.75, 3.05) is 10.6 Å². The standard InChI is InChI=1S/C22H18FN5O3S/c1-2-5-19(29)26-17-8-3-6-13-14(12-25-21(13)17)15-10-11-24-22(27-15)28-16-7-4-9-18(20(16)23)32(30)31/h2-12,25,32H,1H3,(H,26,29)(H,24,27,28)/b5-2-. The first-order valence-electron chi connectivity index (χ1n) is 9.55. The molecule has 2 aromatic heterocycles. The van der Waals surface area contributed by atoms with Gasteiger partial charge in [0, 0.05) is 23.3 Å². The van der Waals surface area contributed by atoms with E-state index in [0.29, 0.717) is 11.4 Å². The van der Waals surface area contributed by atoms with Crippen LogP contribution in [0.15, 0.2) is 71.9 Å². The van der Waals surface area contributed by atoms with E-state index in [-0.39, 0.29) is 17.5 Å². The van der Waals surface area contributed by atoms with Crippen molar-refractivity contribution in [3.05, 3.63) is 72.8 Å². The second-order valence-electron chi connectivity index (χ2n) is 6.71. The monoisotopic (exact) mass is 451 g/mol. The zero-order chi connectivity index (χ0) is 22.7. The number of amides is 1. The van der Waals surface area contributed by atoms with Crippen LogP contribution in [0.4, 0.5) is 21.7 Å². The zero-order valence-corrected chi connectivity index (χ0v) is 17.7. The van der Waals surface area contributed by atoms with Gasteiger partial charge in [0.25, 0.3) is 0 Å². The van der Waals surface area contributed by atoms with E-state index < -0.39 is 21.4 Å². The highest BCUT2D eigenvalue weighted by atomic mass is 32.2. The second-order valence-corrected chi connectivity index (χ2v) is 7.70. The third kappa shape index (κ3) is 4.21. The predicted molar refractivity (Wildman–Crippen MR) is 121 cm³/mol. The summed E-state index contributed by atoms with van der Waals surface area (Å²) < 4.78 is 36.8. The van der Waals surface area contributed by atoms with Crippen molar-refractivity contribution in [2.24, 2.45) is 0 Å². The van der Waals surface area contributed by atoms with Gasteiger partial charge in [-0.2, -0.15) is 0 Å². The third-order valence-corrected chi connectivity index (χ3v) is 5.38. The van der Waals surface area contributed by atoms with Gasteiger partial charge in [-0.25, -0.2) is 22.8 Å². The van der Waals surface area contributed by atoms with Crippen LogP contribution in [0.1, 0.15) is 6.92 Å². The lowest BCUT2D eigenvalue weighted by Crippen LogP contribution is -2.07. The van der Waals surface area contributed by atoms with Crippen molar-refractivity contribution < 1.29 is 17.6 Å². The summed E-state index contributed by atoms with van der Waals surface area (Å²) in [6.45, 7) is 1.76. The van der Waals surface area contributed by atoms with Crippen LogP contribution < -0.4 is 10.6 Å². The van der Waals surface area contributed by atoms with Crippen molar-refractivity contribution in [3.8, 4) is 11.3 Å². The van der Waals surface area contributed by atoms with Crippen molar-refractivity contribution >= 4 is 44.8 Å². The number of hydrogen-bond acceptors (Lipinski definition) is 6. The smallest absolute Gasteiger partial charge is 0.248 e. The summed E-state index contributed by atoms with van der Waals surface area (Å²) >= 11 is 0. The summed E-state index contributed by atoms with van der Waals surface area (Å²) in [6, 6.07) is 11.2. The molecule has 2 heterocycles. The molecule has 8 nitrogen and oxygen atoms in total. The minimum absolute atomic E-state index is 0.0493. The largest absolute Gasteiger partial charge is 0.359 e. The summed E-state index contributed by atoms with van der Waals surface area (Å²) in [5.74, 6) is -1.04. The van der Waals surface area contributed by atoms with Crippen molar-refractivity contribution in [1.29, 1.82) is 0 Å². The molecule has 10 heteroatoms. The number of carbonyl (C=O) groups is 1. The molecule has 32 heavy (non-hydrogen) atoms. The Hall–Kier alpha value is -4.05. The fourth-order valence-corrected chi connectivity index (χ4v) is 3.73. The molecule has 0 aliphatic rings. The maximum absolute atomic E-state index is 14.4. The van der Waals surface area contributed by atoms with Crippen LogP contribution >= 0.6 is 0 Å². The molecule has 0 bridgehead atoms. The Balaban J connectivity index is 1.69. The topological polar surface area (TPSA) is 117 Å². The number of thiol groups is 1. The van der Waals surface area contributed by atoms with Crippen LogP contribution in [0.25, 0.3) is 22.2 Å². The van der Waals surface area contributed by atoms with Crippen molar-refractivity contribution in [1.82, 2.24) is 15.0 Å². The molecule has 0 unspecified atom stereocenters. The Bertz CT molecular complexity index is 1420. The number of halogens is 1. The molecule has 0 spiro atoms. The number of nitrogens with zero attached hydrogens (tertiary/aromatic N) is 2. The van der Waals surface area contributed by atoms with E-state index in [9.17, 15) is 17.6 Å². The van der Waals surface area contributed by atoms with E-state index in [0.717, 1.165) is 16.5 Å².